The summed E-state index contributed by atoms with van der Waals surface area (Å²) in [5.41, 5.74) is 0.901. The number of nitrogens with one attached hydrogen (secondary N) is 1. The summed E-state index contributed by atoms with van der Waals surface area (Å²) in [5, 5.41) is 0. The van der Waals surface area contributed by atoms with E-state index in [1.807, 2.05) is 23.2 Å². The van der Waals surface area contributed by atoms with E-state index in [1.165, 1.54) is 10.6 Å². The van der Waals surface area contributed by atoms with Crippen LogP contribution in [0.15, 0.2) is 18.3 Å². The maximum atomic E-state index is 12.4. The molecular weight excluding hydrogens is 342 g/mol. The number of carbonyl (C=O) groups is 1. The van der Waals surface area contributed by atoms with Crippen LogP contribution < -0.4 is 0 Å². The van der Waals surface area contributed by atoms with Gasteiger partial charge >= 0.3 is 0 Å². The maximum absolute atomic E-state index is 12.4. The molecule has 3 rings (SSSR count). The van der Waals surface area contributed by atoms with Crippen molar-refractivity contribution in [3.05, 3.63) is 24.0 Å². The average molecular weight is 369 g/mol. The lowest BCUT2D eigenvalue weighted by Gasteiger charge is -2.42. The number of sulfonamides is 1. The van der Waals surface area contributed by atoms with E-state index in [0.29, 0.717) is 45.8 Å². The molecule has 2 fully saturated rings. The largest absolute Gasteiger partial charge is 0.379 e. The number of ether oxygens (including phenoxy) is 1. The van der Waals surface area contributed by atoms with Gasteiger partial charge in [0, 0.05) is 49.9 Å². The van der Waals surface area contributed by atoms with Crippen molar-refractivity contribution < 1.29 is 17.9 Å². The van der Waals surface area contributed by atoms with Crippen LogP contribution in [0, 0.1) is 5.41 Å². The van der Waals surface area contributed by atoms with Crippen LogP contribution in [0.3, 0.4) is 0 Å². The van der Waals surface area contributed by atoms with Crippen LogP contribution in [0.4, 0.5) is 0 Å². The Morgan fingerprint density at radius 3 is 2.72 bits per heavy atom. The van der Waals surface area contributed by atoms with Crippen LogP contribution in [0.1, 0.15) is 25.0 Å². The molecule has 2 aliphatic rings. The zero-order valence-electron chi connectivity index (χ0n) is 14.7. The van der Waals surface area contributed by atoms with Crippen LogP contribution in [0.2, 0.25) is 0 Å². The van der Waals surface area contributed by atoms with E-state index in [4.69, 9.17) is 4.74 Å². The van der Waals surface area contributed by atoms with Gasteiger partial charge in [0.2, 0.25) is 15.9 Å². The predicted molar refractivity (Wildman–Crippen MR) is 94.6 cm³/mol. The number of hydrogen-bond acceptors (Lipinski definition) is 4. The molecule has 1 amide bonds. The summed E-state index contributed by atoms with van der Waals surface area (Å²) in [6.45, 7) is 3.27. The van der Waals surface area contributed by atoms with Crippen LogP contribution in [-0.2, 0) is 26.0 Å². The van der Waals surface area contributed by atoms with E-state index in [9.17, 15) is 13.2 Å². The molecule has 3 heterocycles. The zero-order valence-corrected chi connectivity index (χ0v) is 15.6. The summed E-state index contributed by atoms with van der Waals surface area (Å²) in [6, 6.07) is 3.92. The fourth-order valence-corrected chi connectivity index (χ4v) is 4.61. The number of aryl methyl sites for hydroxylation is 1. The SMILES string of the molecule is CS(=O)(=O)N1CCOCC2(CCN(C(=O)CCc3ccc[nH]3)CC2)C1. The number of rotatable bonds is 4. The Kier molecular flexibility index (Phi) is 5.50. The van der Waals surface area contributed by atoms with E-state index < -0.39 is 10.0 Å². The summed E-state index contributed by atoms with van der Waals surface area (Å²) in [5.74, 6) is 0.166. The van der Waals surface area contributed by atoms with Crippen LogP contribution in [0.5, 0.6) is 0 Å². The monoisotopic (exact) mass is 369 g/mol. The number of H-pyrrole nitrogens is 1. The Labute approximate surface area is 149 Å². The quantitative estimate of drug-likeness (QED) is 0.853. The fourth-order valence-electron chi connectivity index (χ4n) is 3.69. The molecule has 1 N–H and O–H groups in total. The van der Waals surface area contributed by atoms with Crippen LogP contribution in [-0.4, -0.2) is 74.2 Å². The third-order valence-electron chi connectivity index (χ3n) is 5.32. The van der Waals surface area contributed by atoms with E-state index in [2.05, 4.69) is 4.98 Å². The first-order valence-corrected chi connectivity index (χ1v) is 10.7. The first-order chi connectivity index (χ1) is 11.9. The molecule has 0 unspecified atom stereocenters. The van der Waals surface area contributed by atoms with Gasteiger partial charge in [0.25, 0.3) is 0 Å². The molecular formula is C17H27N3O4S. The standard InChI is InChI=1S/C17H27N3O4S/c1-25(22,23)20-11-12-24-14-17(13-20)6-9-19(10-7-17)16(21)5-4-15-3-2-8-18-15/h2-3,8,18H,4-7,9-14H2,1H3. The van der Waals surface area contributed by atoms with E-state index >= 15 is 0 Å². The van der Waals surface area contributed by atoms with Crippen molar-refractivity contribution in [3.8, 4) is 0 Å². The highest BCUT2D eigenvalue weighted by molar-refractivity contribution is 7.88. The molecule has 1 aromatic rings. The Hall–Kier alpha value is -1.38. The van der Waals surface area contributed by atoms with Gasteiger partial charge in [-0.1, -0.05) is 0 Å². The molecule has 2 saturated heterocycles. The Balaban J connectivity index is 1.55. The summed E-state index contributed by atoms with van der Waals surface area (Å²) >= 11 is 0. The number of likely N-dealkylation sites (tertiary alicyclic amines) is 1. The van der Waals surface area contributed by atoms with Gasteiger partial charge in [-0.15, -0.1) is 0 Å². The number of amides is 1. The van der Waals surface area contributed by atoms with Crippen molar-refractivity contribution in [2.75, 3.05) is 45.6 Å². The molecule has 1 spiro atoms. The molecule has 2 aliphatic heterocycles. The minimum atomic E-state index is -3.22. The van der Waals surface area contributed by atoms with E-state index in [1.54, 1.807) is 0 Å². The summed E-state index contributed by atoms with van der Waals surface area (Å²) in [6.07, 6.45) is 5.91. The third-order valence-corrected chi connectivity index (χ3v) is 6.57. The first-order valence-electron chi connectivity index (χ1n) is 8.81. The lowest BCUT2D eigenvalue weighted by molar-refractivity contribution is -0.134. The van der Waals surface area contributed by atoms with E-state index in [-0.39, 0.29) is 11.3 Å². The zero-order chi connectivity index (χ0) is 17.9. The molecule has 140 valence electrons. The number of piperidine rings is 1. The maximum Gasteiger partial charge on any atom is 0.222 e. The van der Waals surface area contributed by atoms with Crippen molar-refractivity contribution >= 4 is 15.9 Å². The van der Waals surface area contributed by atoms with Crippen molar-refractivity contribution in [1.82, 2.24) is 14.2 Å². The second-order valence-electron chi connectivity index (χ2n) is 7.23. The molecule has 0 radical (unpaired) electrons. The molecule has 25 heavy (non-hydrogen) atoms. The fraction of sp³-hybridized carbons (Fsp3) is 0.706. The second-order valence-corrected chi connectivity index (χ2v) is 9.21. The highest BCUT2D eigenvalue weighted by Gasteiger charge is 2.40. The molecule has 7 nitrogen and oxygen atoms in total. The minimum absolute atomic E-state index is 0.166. The number of aromatic amines is 1. The van der Waals surface area contributed by atoms with E-state index in [0.717, 1.165) is 25.0 Å². The molecule has 8 heteroatoms. The van der Waals surface area contributed by atoms with Crippen molar-refractivity contribution in [2.24, 2.45) is 5.41 Å². The summed E-state index contributed by atoms with van der Waals surface area (Å²) in [4.78, 5) is 17.5. The molecule has 0 aliphatic carbocycles. The van der Waals surface area contributed by atoms with Crippen molar-refractivity contribution in [3.63, 3.8) is 0 Å². The van der Waals surface area contributed by atoms with Crippen molar-refractivity contribution in [1.29, 1.82) is 0 Å². The Bertz CT molecular complexity index is 679. The number of nitrogens with zero attached hydrogens (tertiary/aromatic N) is 2. The average Bonchev–Trinajstić information content (AvgIpc) is 3.00. The molecule has 0 aromatic carbocycles. The highest BCUT2D eigenvalue weighted by atomic mass is 32.2. The number of aromatic nitrogens is 1. The van der Waals surface area contributed by atoms with Crippen molar-refractivity contribution in [2.45, 2.75) is 25.7 Å². The normalized spacial score (nSPS) is 22.0. The van der Waals surface area contributed by atoms with Crippen LogP contribution >= 0.6 is 0 Å². The van der Waals surface area contributed by atoms with Gasteiger partial charge in [-0.2, -0.15) is 4.31 Å². The molecule has 0 bridgehead atoms. The third kappa shape index (κ3) is 4.62. The van der Waals surface area contributed by atoms with Gasteiger partial charge in [0.05, 0.1) is 19.5 Å². The van der Waals surface area contributed by atoms with Gasteiger partial charge in [-0.3, -0.25) is 4.79 Å². The minimum Gasteiger partial charge on any atom is -0.379 e. The Morgan fingerprint density at radius 2 is 2.08 bits per heavy atom. The van der Waals surface area contributed by atoms with Gasteiger partial charge in [-0.25, -0.2) is 8.42 Å². The second kappa shape index (κ2) is 7.47. The molecule has 1 aromatic heterocycles. The lowest BCUT2D eigenvalue weighted by Crippen LogP contribution is -2.49. The lowest BCUT2D eigenvalue weighted by atomic mass is 9.79. The van der Waals surface area contributed by atoms with Crippen LogP contribution in [0.25, 0.3) is 0 Å². The predicted octanol–water partition coefficient (Wildman–Crippen LogP) is 0.848. The summed E-state index contributed by atoms with van der Waals surface area (Å²) in [7, 11) is -3.22. The van der Waals surface area contributed by atoms with Gasteiger partial charge in [0.15, 0.2) is 0 Å². The first kappa shape index (κ1) is 18.4. The topological polar surface area (TPSA) is 82.7 Å². The number of carbonyl (C=O) groups excluding carboxylic acids is 1. The highest BCUT2D eigenvalue weighted by Crippen LogP contribution is 2.35. The number of hydrogen-bond donors (Lipinski definition) is 1. The Morgan fingerprint density at radius 1 is 1.32 bits per heavy atom. The van der Waals surface area contributed by atoms with Gasteiger partial charge in [-0.05, 0) is 31.4 Å². The molecule has 0 saturated carbocycles. The van der Waals surface area contributed by atoms with Gasteiger partial charge in [0.1, 0.15) is 0 Å². The molecule has 0 atom stereocenters. The smallest absolute Gasteiger partial charge is 0.222 e. The van der Waals surface area contributed by atoms with Gasteiger partial charge < -0.3 is 14.6 Å². The summed E-state index contributed by atoms with van der Waals surface area (Å²) < 4.78 is 31.1.